The van der Waals surface area contributed by atoms with Gasteiger partial charge in [-0.25, -0.2) is 4.98 Å². The lowest BCUT2D eigenvalue weighted by atomic mass is 9.92. The molecule has 1 N–H and O–H groups in total. The van der Waals surface area contributed by atoms with Gasteiger partial charge in [-0.3, -0.25) is 4.79 Å². The van der Waals surface area contributed by atoms with Crippen molar-refractivity contribution in [1.29, 1.82) is 5.26 Å². The van der Waals surface area contributed by atoms with Gasteiger partial charge in [0.15, 0.2) is 0 Å². The summed E-state index contributed by atoms with van der Waals surface area (Å²) in [6, 6.07) is 9.29. The smallest absolute Gasteiger partial charge is 0.251 e. The van der Waals surface area contributed by atoms with Crippen molar-refractivity contribution in [3.63, 3.8) is 0 Å². The number of imidazole rings is 1. The average Bonchev–Trinajstić information content (AvgIpc) is 2.87. The summed E-state index contributed by atoms with van der Waals surface area (Å²) in [5.41, 5.74) is 2.32. The fraction of sp³-hybridized carbons (Fsp3) is 0.389. The number of aryl methyl sites for hydroxylation is 1. The van der Waals surface area contributed by atoms with Crippen LogP contribution in [0, 0.1) is 18.3 Å². The van der Waals surface area contributed by atoms with Gasteiger partial charge in [-0.2, -0.15) is 5.26 Å². The second kappa shape index (κ2) is 6.66. The zero-order chi connectivity index (χ0) is 16.2. The third kappa shape index (κ3) is 3.26. The Morgan fingerprint density at radius 3 is 2.74 bits per heavy atom. The predicted molar refractivity (Wildman–Crippen MR) is 87.0 cm³/mol. The van der Waals surface area contributed by atoms with E-state index in [-0.39, 0.29) is 5.91 Å². The zero-order valence-corrected chi connectivity index (χ0v) is 13.2. The van der Waals surface area contributed by atoms with E-state index in [9.17, 15) is 4.79 Å². The molecule has 0 spiro atoms. The summed E-state index contributed by atoms with van der Waals surface area (Å²) >= 11 is 0. The highest BCUT2D eigenvalue weighted by Gasteiger charge is 2.23. The van der Waals surface area contributed by atoms with Crippen LogP contribution in [0.3, 0.4) is 0 Å². The fourth-order valence-electron chi connectivity index (χ4n) is 2.91. The molecule has 1 heterocycles. The SMILES string of the molecule is Cc1cnc(CCNC(=O)c2ccc(C#N)cc2)n1C1CCC1. The lowest BCUT2D eigenvalue weighted by Gasteiger charge is -2.29. The first kappa shape index (κ1) is 15.3. The Bertz CT molecular complexity index is 735. The van der Waals surface area contributed by atoms with Gasteiger partial charge in [-0.15, -0.1) is 0 Å². The summed E-state index contributed by atoms with van der Waals surface area (Å²) < 4.78 is 2.32. The molecule has 1 aromatic heterocycles. The molecule has 0 atom stereocenters. The molecule has 1 aromatic carbocycles. The van der Waals surface area contributed by atoms with Gasteiger partial charge < -0.3 is 9.88 Å². The molecule has 1 amide bonds. The second-order valence-corrected chi connectivity index (χ2v) is 5.97. The van der Waals surface area contributed by atoms with Crippen LogP contribution in [0.5, 0.6) is 0 Å². The highest BCUT2D eigenvalue weighted by Crippen LogP contribution is 2.33. The van der Waals surface area contributed by atoms with Crippen LogP contribution in [-0.2, 0) is 6.42 Å². The monoisotopic (exact) mass is 308 g/mol. The number of nitriles is 1. The number of carbonyl (C=O) groups excluding carboxylic acids is 1. The van der Waals surface area contributed by atoms with Crippen LogP contribution in [-0.4, -0.2) is 22.0 Å². The molecular formula is C18H20N4O. The molecule has 0 bridgehead atoms. The molecule has 23 heavy (non-hydrogen) atoms. The number of carbonyl (C=O) groups is 1. The maximum absolute atomic E-state index is 12.1. The van der Waals surface area contributed by atoms with Crippen LogP contribution in [0.15, 0.2) is 30.5 Å². The summed E-state index contributed by atoms with van der Waals surface area (Å²) in [6.45, 7) is 2.64. The standard InChI is InChI=1S/C18H20N4O/c1-13-12-21-17(22(13)16-3-2-4-16)9-10-20-18(23)15-7-5-14(11-19)6-8-15/h5-8,12,16H,2-4,9-10H2,1H3,(H,20,23). The van der Waals surface area contributed by atoms with Gasteiger partial charge in [0.25, 0.3) is 5.91 Å². The number of amides is 1. The third-order valence-electron chi connectivity index (χ3n) is 4.41. The van der Waals surface area contributed by atoms with Gasteiger partial charge >= 0.3 is 0 Å². The Morgan fingerprint density at radius 2 is 2.13 bits per heavy atom. The van der Waals surface area contributed by atoms with E-state index in [2.05, 4.69) is 21.8 Å². The predicted octanol–water partition coefficient (Wildman–Crippen LogP) is 2.76. The molecule has 118 valence electrons. The van der Waals surface area contributed by atoms with Crippen LogP contribution in [0.2, 0.25) is 0 Å². The second-order valence-electron chi connectivity index (χ2n) is 5.97. The summed E-state index contributed by atoms with van der Waals surface area (Å²) in [4.78, 5) is 16.6. The van der Waals surface area contributed by atoms with Gasteiger partial charge in [0.2, 0.25) is 0 Å². The first-order valence-electron chi connectivity index (χ1n) is 8.00. The van der Waals surface area contributed by atoms with Crippen molar-refractivity contribution in [2.45, 2.75) is 38.6 Å². The quantitative estimate of drug-likeness (QED) is 0.923. The maximum atomic E-state index is 12.1. The lowest BCUT2D eigenvalue weighted by molar-refractivity contribution is 0.0954. The Hall–Kier alpha value is -2.61. The van der Waals surface area contributed by atoms with E-state index in [1.54, 1.807) is 24.3 Å². The minimum absolute atomic E-state index is 0.118. The number of hydrogen-bond acceptors (Lipinski definition) is 3. The molecule has 1 aliphatic rings. The molecule has 0 aliphatic heterocycles. The Balaban J connectivity index is 1.57. The highest BCUT2D eigenvalue weighted by atomic mass is 16.1. The van der Waals surface area contributed by atoms with Crippen molar-refractivity contribution in [3.8, 4) is 6.07 Å². The summed E-state index contributed by atoms with van der Waals surface area (Å²) in [5.74, 6) is 0.931. The average molecular weight is 308 g/mol. The Morgan fingerprint density at radius 1 is 1.39 bits per heavy atom. The molecule has 2 aromatic rings. The van der Waals surface area contributed by atoms with E-state index < -0.39 is 0 Å². The highest BCUT2D eigenvalue weighted by molar-refractivity contribution is 5.94. The molecule has 3 rings (SSSR count). The van der Waals surface area contributed by atoms with Crippen molar-refractivity contribution in [2.75, 3.05) is 6.54 Å². The van der Waals surface area contributed by atoms with Crippen molar-refractivity contribution in [1.82, 2.24) is 14.9 Å². The van der Waals surface area contributed by atoms with Gasteiger partial charge in [0.1, 0.15) is 5.82 Å². The number of rotatable bonds is 5. The molecule has 5 heteroatoms. The number of nitrogens with zero attached hydrogens (tertiary/aromatic N) is 3. The first-order chi connectivity index (χ1) is 11.2. The van der Waals surface area contributed by atoms with Gasteiger partial charge in [-0.05, 0) is 50.5 Å². The number of benzene rings is 1. The molecule has 0 unspecified atom stereocenters. The van der Waals surface area contributed by atoms with Crippen LogP contribution in [0.4, 0.5) is 0 Å². The van der Waals surface area contributed by atoms with Crippen molar-refractivity contribution in [2.24, 2.45) is 0 Å². The number of nitrogens with one attached hydrogen (secondary N) is 1. The normalized spacial score (nSPS) is 14.1. The molecule has 0 radical (unpaired) electrons. The van der Waals surface area contributed by atoms with Gasteiger partial charge in [0.05, 0.1) is 11.6 Å². The fourth-order valence-corrected chi connectivity index (χ4v) is 2.91. The largest absolute Gasteiger partial charge is 0.352 e. The van der Waals surface area contributed by atoms with Crippen LogP contribution in [0.25, 0.3) is 0 Å². The van der Waals surface area contributed by atoms with Crippen molar-refractivity contribution in [3.05, 3.63) is 53.1 Å². The molecule has 1 saturated carbocycles. The third-order valence-corrected chi connectivity index (χ3v) is 4.41. The van der Waals surface area contributed by atoms with E-state index >= 15 is 0 Å². The van der Waals surface area contributed by atoms with Crippen LogP contribution < -0.4 is 5.32 Å². The van der Waals surface area contributed by atoms with E-state index in [4.69, 9.17) is 5.26 Å². The van der Waals surface area contributed by atoms with Crippen LogP contribution >= 0.6 is 0 Å². The molecule has 0 saturated heterocycles. The lowest BCUT2D eigenvalue weighted by Crippen LogP contribution is -2.27. The van der Waals surface area contributed by atoms with Crippen molar-refractivity contribution >= 4 is 5.91 Å². The molecule has 5 nitrogen and oxygen atoms in total. The summed E-state index contributed by atoms with van der Waals surface area (Å²) in [6.07, 6.45) is 6.38. The minimum Gasteiger partial charge on any atom is -0.352 e. The topological polar surface area (TPSA) is 70.7 Å². The van der Waals surface area contributed by atoms with Gasteiger partial charge in [-0.1, -0.05) is 0 Å². The minimum atomic E-state index is -0.118. The molecular weight excluding hydrogens is 288 g/mol. The summed E-state index contributed by atoms with van der Waals surface area (Å²) in [5, 5.41) is 11.7. The van der Waals surface area contributed by atoms with E-state index in [0.717, 1.165) is 12.2 Å². The van der Waals surface area contributed by atoms with E-state index in [0.29, 0.717) is 23.7 Å². The van der Waals surface area contributed by atoms with E-state index in [1.165, 1.54) is 25.0 Å². The zero-order valence-electron chi connectivity index (χ0n) is 13.2. The molecule has 1 fully saturated rings. The first-order valence-corrected chi connectivity index (χ1v) is 8.00. The maximum Gasteiger partial charge on any atom is 0.251 e. The number of aromatic nitrogens is 2. The van der Waals surface area contributed by atoms with Crippen LogP contribution in [0.1, 0.15) is 52.7 Å². The van der Waals surface area contributed by atoms with E-state index in [1.807, 2.05) is 12.3 Å². The Labute approximate surface area is 136 Å². The summed E-state index contributed by atoms with van der Waals surface area (Å²) in [7, 11) is 0. The van der Waals surface area contributed by atoms with Gasteiger partial charge in [0, 0.05) is 36.5 Å². The molecule has 1 aliphatic carbocycles. The Kier molecular flexibility index (Phi) is 4.42. The van der Waals surface area contributed by atoms with Crippen molar-refractivity contribution < 1.29 is 4.79 Å². The number of hydrogen-bond donors (Lipinski definition) is 1.